The smallest absolute Gasteiger partial charge is 0.422 e. The molecule has 0 aliphatic heterocycles. The highest BCUT2D eigenvalue weighted by Crippen LogP contribution is 2.14. The third-order valence-electron chi connectivity index (χ3n) is 0.796. The molecule has 6 heteroatoms. The molecule has 0 bridgehead atoms. The highest BCUT2D eigenvalue weighted by molar-refractivity contribution is 5.82. The fourth-order valence-corrected chi connectivity index (χ4v) is 0.416. The highest BCUT2D eigenvalue weighted by atomic mass is 19.4. The number of amidine groups is 1. The van der Waals surface area contributed by atoms with Gasteiger partial charge in [0.15, 0.2) is 6.61 Å². The van der Waals surface area contributed by atoms with Crippen molar-refractivity contribution in [1.82, 2.24) is 0 Å². The van der Waals surface area contributed by atoms with Crippen molar-refractivity contribution in [1.29, 1.82) is 0 Å². The fourth-order valence-electron chi connectivity index (χ4n) is 0.416. The van der Waals surface area contributed by atoms with Crippen LogP contribution in [0.25, 0.3) is 0 Å². The highest BCUT2D eigenvalue weighted by Gasteiger charge is 2.28. The van der Waals surface area contributed by atoms with Gasteiger partial charge in [-0.25, -0.2) is 9.98 Å². The molecule has 0 aromatic heterocycles. The maximum Gasteiger partial charge on any atom is 0.422 e. The zero-order valence-corrected chi connectivity index (χ0v) is 6.72. The molecule has 0 unspecified atom stereocenters. The SMILES string of the molecule is CC=NC(=NC)OCC(F)(F)F. The minimum absolute atomic E-state index is 0.269. The lowest BCUT2D eigenvalue weighted by molar-refractivity contribution is -0.156. The summed E-state index contributed by atoms with van der Waals surface area (Å²) in [5.41, 5.74) is 0. The van der Waals surface area contributed by atoms with E-state index in [0.29, 0.717) is 0 Å². The molecule has 0 fully saturated rings. The third kappa shape index (κ3) is 5.70. The van der Waals surface area contributed by atoms with Crippen molar-refractivity contribution >= 4 is 12.2 Å². The van der Waals surface area contributed by atoms with E-state index in [-0.39, 0.29) is 6.02 Å². The second kappa shape index (κ2) is 4.74. The Kier molecular flexibility index (Phi) is 4.31. The number of nitrogens with zero attached hydrogens (tertiary/aromatic N) is 2. The summed E-state index contributed by atoms with van der Waals surface area (Å²) in [4.78, 5) is 6.83. The Morgan fingerprint density at radius 2 is 2.08 bits per heavy atom. The number of aliphatic imine (C=N–C) groups is 2. The van der Waals surface area contributed by atoms with Crippen LogP contribution in [0.2, 0.25) is 0 Å². The van der Waals surface area contributed by atoms with Crippen LogP contribution in [0.4, 0.5) is 13.2 Å². The maximum atomic E-state index is 11.6. The number of halogens is 3. The number of ether oxygens (including phenoxy) is 1. The number of alkyl halides is 3. The lowest BCUT2D eigenvalue weighted by Crippen LogP contribution is -2.19. The van der Waals surface area contributed by atoms with Gasteiger partial charge in [0.1, 0.15) is 0 Å². The summed E-state index contributed by atoms with van der Waals surface area (Å²) in [6.45, 7) is 0.194. The molecule has 0 aliphatic rings. The van der Waals surface area contributed by atoms with Gasteiger partial charge in [0, 0.05) is 13.3 Å². The molecule has 12 heavy (non-hydrogen) atoms. The molecular formula is C6H9F3N2O. The van der Waals surface area contributed by atoms with E-state index in [1.807, 2.05) is 0 Å². The molecule has 0 N–H and O–H groups in total. The van der Waals surface area contributed by atoms with Gasteiger partial charge in [0.25, 0.3) is 0 Å². The molecule has 0 amide bonds. The van der Waals surface area contributed by atoms with Crippen LogP contribution in [-0.4, -0.2) is 32.1 Å². The topological polar surface area (TPSA) is 34.0 Å². The molecule has 0 saturated carbocycles. The van der Waals surface area contributed by atoms with E-state index in [1.54, 1.807) is 6.92 Å². The molecule has 0 aromatic rings. The molecule has 0 atom stereocenters. The summed E-state index contributed by atoms with van der Waals surface area (Å²) in [5.74, 6) is 0. The van der Waals surface area contributed by atoms with E-state index in [0.717, 1.165) is 0 Å². The van der Waals surface area contributed by atoms with E-state index in [4.69, 9.17) is 0 Å². The zero-order chi connectivity index (χ0) is 9.61. The lowest BCUT2D eigenvalue weighted by Gasteiger charge is -2.06. The average Bonchev–Trinajstić information content (AvgIpc) is 1.96. The predicted octanol–water partition coefficient (Wildman–Crippen LogP) is 1.64. The second-order valence-corrected chi connectivity index (χ2v) is 1.80. The lowest BCUT2D eigenvalue weighted by atomic mass is 10.7. The first-order valence-corrected chi connectivity index (χ1v) is 3.14. The van der Waals surface area contributed by atoms with Gasteiger partial charge in [-0.2, -0.15) is 13.2 Å². The van der Waals surface area contributed by atoms with Crippen molar-refractivity contribution in [2.75, 3.05) is 13.7 Å². The van der Waals surface area contributed by atoms with E-state index < -0.39 is 12.8 Å². The van der Waals surface area contributed by atoms with Gasteiger partial charge in [-0.05, 0) is 6.92 Å². The van der Waals surface area contributed by atoms with Crippen molar-refractivity contribution in [2.45, 2.75) is 13.1 Å². The molecule has 0 heterocycles. The van der Waals surface area contributed by atoms with Gasteiger partial charge in [0.2, 0.25) is 0 Å². The summed E-state index contributed by atoms with van der Waals surface area (Å²) in [5, 5.41) is 0. The van der Waals surface area contributed by atoms with Gasteiger partial charge in [0.05, 0.1) is 0 Å². The Morgan fingerprint density at radius 3 is 2.42 bits per heavy atom. The molecule has 0 aromatic carbocycles. The van der Waals surface area contributed by atoms with Crippen molar-refractivity contribution < 1.29 is 17.9 Å². The quantitative estimate of drug-likeness (QED) is 0.448. The summed E-state index contributed by atoms with van der Waals surface area (Å²) in [7, 11) is 1.30. The summed E-state index contributed by atoms with van der Waals surface area (Å²) < 4.78 is 38.9. The monoisotopic (exact) mass is 182 g/mol. The van der Waals surface area contributed by atoms with Gasteiger partial charge >= 0.3 is 12.2 Å². The van der Waals surface area contributed by atoms with E-state index >= 15 is 0 Å². The first-order chi connectivity index (χ1) is 5.49. The summed E-state index contributed by atoms with van der Waals surface area (Å²) in [6.07, 6.45) is -3.04. The number of rotatable bonds is 1. The van der Waals surface area contributed by atoms with E-state index in [2.05, 4.69) is 14.7 Å². The van der Waals surface area contributed by atoms with Crippen LogP contribution in [0.1, 0.15) is 6.92 Å². The van der Waals surface area contributed by atoms with E-state index in [1.165, 1.54) is 13.3 Å². The molecule has 70 valence electrons. The van der Waals surface area contributed by atoms with Crippen molar-refractivity contribution in [3.8, 4) is 0 Å². The average molecular weight is 182 g/mol. The Morgan fingerprint density at radius 1 is 1.50 bits per heavy atom. The predicted molar refractivity (Wildman–Crippen MR) is 39.5 cm³/mol. The van der Waals surface area contributed by atoms with Crippen LogP contribution in [0.5, 0.6) is 0 Å². The Bertz CT molecular complexity index is 186. The number of hydrogen-bond donors (Lipinski definition) is 0. The van der Waals surface area contributed by atoms with Gasteiger partial charge in [-0.3, -0.25) is 0 Å². The molecule has 0 radical (unpaired) electrons. The largest absolute Gasteiger partial charge is 0.454 e. The first kappa shape index (κ1) is 10.9. The minimum Gasteiger partial charge on any atom is -0.454 e. The van der Waals surface area contributed by atoms with Gasteiger partial charge < -0.3 is 4.74 Å². The van der Waals surface area contributed by atoms with Crippen molar-refractivity contribution in [2.24, 2.45) is 9.98 Å². The van der Waals surface area contributed by atoms with Crippen LogP contribution >= 0.6 is 0 Å². The Labute approximate surface area is 68.0 Å². The molecule has 0 aliphatic carbocycles. The standard InChI is InChI=1S/C6H9F3N2O/c1-3-11-5(10-2)12-4-6(7,8)9/h3H,4H2,1-2H3. The zero-order valence-electron chi connectivity index (χ0n) is 6.72. The summed E-state index contributed by atoms with van der Waals surface area (Å²) in [6, 6.07) is -0.269. The van der Waals surface area contributed by atoms with E-state index in [9.17, 15) is 13.2 Å². The van der Waals surface area contributed by atoms with Crippen LogP contribution in [-0.2, 0) is 4.74 Å². The van der Waals surface area contributed by atoms with Crippen LogP contribution in [0, 0.1) is 0 Å². The van der Waals surface area contributed by atoms with Gasteiger partial charge in [-0.15, -0.1) is 0 Å². The molecule has 0 rings (SSSR count). The number of hydrogen-bond acceptors (Lipinski definition) is 2. The third-order valence-corrected chi connectivity index (χ3v) is 0.796. The first-order valence-electron chi connectivity index (χ1n) is 3.14. The Hall–Kier alpha value is -1.07. The van der Waals surface area contributed by atoms with Crippen molar-refractivity contribution in [3.63, 3.8) is 0 Å². The van der Waals surface area contributed by atoms with Crippen molar-refractivity contribution in [3.05, 3.63) is 0 Å². The molecule has 0 spiro atoms. The molecular weight excluding hydrogens is 173 g/mol. The Balaban J connectivity index is 3.91. The summed E-state index contributed by atoms with van der Waals surface area (Å²) >= 11 is 0. The second-order valence-electron chi connectivity index (χ2n) is 1.80. The van der Waals surface area contributed by atoms with Crippen LogP contribution < -0.4 is 0 Å². The van der Waals surface area contributed by atoms with Crippen LogP contribution in [0.3, 0.4) is 0 Å². The molecule has 0 saturated heterocycles. The van der Waals surface area contributed by atoms with Crippen LogP contribution in [0.15, 0.2) is 9.98 Å². The maximum absolute atomic E-state index is 11.6. The fraction of sp³-hybridized carbons (Fsp3) is 0.667. The molecule has 3 nitrogen and oxygen atoms in total. The normalized spacial score (nSPS) is 13.9. The van der Waals surface area contributed by atoms with Gasteiger partial charge in [-0.1, -0.05) is 0 Å². The minimum atomic E-state index is -4.35.